The van der Waals surface area contributed by atoms with Gasteiger partial charge in [0.15, 0.2) is 0 Å². The van der Waals surface area contributed by atoms with Gasteiger partial charge in [-0.15, -0.1) is 0 Å². The molecule has 0 fully saturated rings. The van der Waals surface area contributed by atoms with Crippen molar-refractivity contribution >= 4 is 11.9 Å². The number of aromatic carboxylic acids is 2. The highest BCUT2D eigenvalue weighted by molar-refractivity contribution is 5.96. The van der Waals surface area contributed by atoms with Gasteiger partial charge in [0.2, 0.25) is 0 Å². The fraction of sp³-hybridized carbons (Fsp3) is 0.200. The van der Waals surface area contributed by atoms with E-state index in [1.54, 1.807) is 30.6 Å². The summed E-state index contributed by atoms with van der Waals surface area (Å²) in [7, 11) is 0. The quantitative estimate of drug-likeness (QED) is 0.286. The van der Waals surface area contributed by atoms with Gasteiger partial charge in [0.05, 0.1) is 16.8 Å². The Kier molecular flexibility index (Phi) is 7.85. The second-order valence-electron chi connectivity index (χ2n) is 8.75. The molecule has 182 valence electrons. The van der Waals surface area contributed by atoms with Crippen LogP contribution < -0.4 is 0 Å². The molecule has 0 amide bonds. The Morgan fingerprint density at radius 2 is 1.39 bits per heavy atom. The summed E-state index contributed by atoms with van der Waals surface area (Å²) in [6.07, 6.45) is 5.81. The zero-order valence-corrected chi connectivity index (χ0v) is 20.1. The molecule has 4 rings (SSSR count). The minimum Gasteiger partial charge on any atom is -0.478 e. The van der Waals surface area contributed by atoms with Crippen LogP contribution >= 0.6 is 0 Å². The van der Waals surface area contributed by atoms with Gasteiger partial charge in [-0.1, -0.05) is 67.9 Å². The van der Waals surface area contributed by atoms with Crippen LogP contribution in [-0.4, -0.2) is 32.1 Å². The third-order valence-corrected chi connectivity index (χ3v) is 6.27. The molecule has 6 heteroatoms. The average molecular weight is 481 g/mol. The molecule has 3 aromatic carbocycles. The van der Waals surface area contributed by atoms with E-state index in [4.69, 9.17) is 0 Å². The summed E-state index contributed by atoms with van der Waals surface area (Å²) in [4.78, 5) is 32.0. The minimum atomic E-state index is -0.947. The average Bonchev–Trinajstić information content (AvgIpc) is 2.89. The number of aromatic nitrogens is 2. The van der Waals surface area contributed by atoms with Gasteiger partial charge in [0, 0.05) is 18.5 Å². The first-order chi connectivity index (χ1) is 17.5. The van der Waals surface area contributed by atoms with Crippen molar-refractivity contribution in [2.24, 2.45) is 0 Å². The number of nitrogens with zero attached hydrogens (tertiary/aromatic N) is 2. The molecule has 36 heavy (non-hydrogen) atoms. The highest BCUT2D eigenvalue weighted by Gasteiger charge is 2.15. The van der Waals surface area contributed by atoms with E-state index in [-0.39, 0.29) is 11.1 Å². The number of carbonyl (C=O) groups is 2. The number of rotatable bonds is 10. The van der Waals surface area contributed by atoms with Crippen LogP contribution in [0.4, 0.5) is 0 Å². The van der Waals surface area contributed by atoms with Gasteiger partial charge in [-0.25, -0.2) is 19.6 Å². The fourth-order valence-corrected chi connectivity index (χ4v) is 4.29. The number of carboxylic acids is 2. The normalized spacial score (nSPS) is 10.8. The van der Waals surface area contributed by atoms with Gasteiger partial charge >= 0.3 is 11.9 Å². The van der Waals surface area contributed by atoms with E-state index in [0.717, 1.165) is 52.9 Å². The van der Waals surface area contributed by atoms with Gasteiger partial charge in [-0.2, -0.15) is 0 Å². The van der Waals surface area contributed by atoms with Crippen molar-refractivity contribution in [1.82, 2.24) is 9.97 Å². The first-order valence-corrected chi connectivity index (χ1v) is 12.0. The Balaban J connectivity index is 1.63. The maximum absolute atomic E-state index is 11.6. The number of carboxylic acid groups (broad SMARTS) is 2. The van der Waals surface area contributed by atoms with Crippen LogP contribution in [0.25, 0.3) is 11.1 Å². The molecule has 0 spiro atoms. The third-order valence-electron chi connectivity index (χ3n) is 6.27. The Morgan fingerprint density at radius 1 is 0.750 bits per heavy atom. The van der Waals surface area contributed by atoms with Crippen LogP contribution in [0, 0.1) is 0 Å². The zero-order valence-electron chi connectivity index (χ0n) is 20.1. The number of benzene rings is 3. The first-order valence-electron chi connectivity index (χ1n) is 12.0. The Hall–Kier alpha value is -4.32. The maximum atomic E-state index is 11.6. The fourth-order valence-electron chi connectivity index (χ4n) is 4.29. The molecule has 0 bridgehead atoms. The van der Waals surface area contributed by atoms with Crippen LogP contribution in [0.3, 0.4) is 0 Å². The largest absolute Gasteiger partial charge is 0.478 e. The lowest BCUT2D eigenvalue weighted by molar-refractivity contribution is 0.0686. The van der Waals surface area contributed by atoms with Crippen molar-refractivity contribution in [1.29, 1.82) is 0 Å². The molecule has 0 radical (unpaired) electrons. The summed E-state index contributed by atoms with van der Waals surface area (Å²) in [6, 6.07) is 21.8. The zero-order chi connectivity index (χ0) is 25.5. The van der Waals surface area contributed by atoms with Crippen LogP contribution in [0.1, 0.15) is 68.6 Å². The second kappa shape index (κ2) is 11.4. The van der Waals surface area contributed by atoms with Gasteiger partial charge in [0.25, 0.3) is 0 Å². The number of hydrogen-bond acceptors (Lipinski definition) is 4. The molecule has 0 saturated heterocycles. The Bertz CT molecular complexity index is 1360. The standard InChI is InChI=1S/C30H28N2O4/c1-2-3-8-27-26(28(32-19-31-27)18-21-11-15-23(16-12-21)29(33)34)17-20-9-13-22(14-10-20)24-6-4-5-7-25(24)30(35)36/h4-7,9-16,19H,2-3,8,17-18H2,1H3,(H,33,34)(H,35,36). The number of aryl methyl sites for hydroxylation is 1. The van der Waals surface area contributed by atoms with Crippen LogP contribution in [0.2, 0.25) is 0 Å². The predicted octanol–water partition coefficient (Wildman–Crippen LogP) is 6.06. The summed E-state index contributed by atoms with van der Waals surface area (Å²) in [6.45, 7) is 2.15. The Labute approximate surface area is 210 Å². The van der Waals surface area contributed by atoms with Crippen LogP contribution in [0.5, 0.6) is 0 Å². The van der Waals surface area contributed by atoms with Crippen LogP contribution in [-0.2, 0) is 19.3 Å². The lowest BCUT2D eigenvalue weighted by atomic mass is 9.94. The molecule has 0 unspecified atom stereocenters. The van der Waals surface area contributed by atoms with Crippen LogP contribution in [0.15, 0.2) is 79.1 Å². The van der Waals surface area contributed by atoms with E-state index in [0.29, 0.717) is 18.4 Å². The van der Waals surface area contributed by atoms with Gasteiger partial charge < -0.3 is 10.2 Å². The highest BCUT2D eigenvalue weighted by atomic mass is 16.4. The predicted molar refractivity (Wildman–Crippen MR) is 138 cm³/mol. The molecule has 0 atom stereocenters. The SMILES string of the molecule is CCCCc1ncnc(Cc2ccc(C(=O)O)cc2)c1Cc1ccc(-c2ccccc2C(=O)O)cc1. The van der Waals surface area contributed by atoms with Gasteiger partial charge in [-0.05, 0) is 58.9 Å². The summed E-state index contributed by atoms with van der Waals surface area (Å²) in [5.74, 6) is -1.89. The molecule has 0 aliphatic carbocycles. The molecular weight excluding hydrogens is 452 g/mol. The van der Waals surface area contributed by atoms with Crippen molar-refractivity contribution in [2.75, 3.05) is 0 Å². The van der Waals surface area contributed by atoms with Crippen molar-refractivity contribution in [2.45, 2.75) is 39.0 Å². The van der Waals surface area contributed by atoms with Crippen molar-refractivity contribution < 1.29 is 19.8 Å². The second-order valence-corrected chi connectivity index (χ2v) is 8.75. The lowest BCUT2D eigenvalue weighted by Gasteiger charge is -2.14. The Morgan fingerprint density at radius 3 is 2.06 bits per heavy atom. The first kappa shape index (κ1) is 24.8. The molecule has 1 heterocycles. The van der Waals surface area contributed by atoms with Crippen molar-refractivity contribution in [3.8, 4) is 11.1 Å². The number of unbranched alkanes of at least 4 members (excludes halogenated alkanes) is 1. The van der Waals surface area contributed by atoms with Crippen molar-refractivity contribution in [3.05, 3.63) is 118 Å². The van der Waals surface area contributed by atoms with E-state index in [2.05, 4.69) is 16.9 Å². The summed E-state index contributed by atoms with van der Waals surface area (Å²) >= 11 is 0. The monoisotopic (exact) mass is 480 g/mol. The molecule has 4 aromatic rings. The summed E-state index contributed by atoms with van der Waals surface area (Å²) in [5, 5.41) is 18.7. The molecule has 6 nitrogen and oxygen atoms in total. The smallest absolute Gasteiger partial charge is 0.336 e. The highest BCUT2D eigenvalue weighted by Crippen LogP contribution is 2.26. The topological polar surface area (TPSA) is 100 Å². The van der Waals surface area contributed by atoms with E-state index < -0.39 is 11.9 Å². The van der Waals surface area contributed by atoms with Gasteiger partial charge in [-0.3, -0.25) is 0 Å². The minimum absolute atomic E-state index is 0.259. The van der Waals surface area contributed by atoms with E-state index in [9.17, 15) is 19.8 Å². The molecule has 2 N–H and O–H groups in total. The summed E-state index contributed by atoms with van der Waals surface area (Å²) in [5.41, 5.74) is 7.20. The summed E-state index contributed by atoms with van der Waals surface area (Å²) < 4.78 is 0. The van der Waals surface area contributed by atoms with E-state index >= 15 is 0 Å². The van der Waals surface area contributed by atoms with E-state index in [1.165, 1.54) is 0 Å². The maximum Gasteiger partial charge on any atom is 0.336 e. The van der Waals surface area contributed by atoms with E-state index in [1.807, 2.05) is 48.5 Å². The molecule has 1 aromatic heterocycles. The molecule has 0 saturated carbocycles. The molecule has 0 aliphatic heterocycles. The molecular formula is C30H28N2O4. The number of hydrogen-bond donors (Lipinski definition) is 2. The molecule has 0 aliphatic rings. The van der Waals surface area contributed by atoms with Crippen molar-refractivity contribution in [3.63, 3.8) is 0 Å². The van der Waals surface area contributed by atoms with Gasteiger partial charge in [0.1, 0.15) is 6.33 Å². The lowest BCUT2D eigenvalue weighted by Crippen LogP contribution is -2.08. The third kappa shape index (κ3) is 5.84.